The van der Waals surface area contributed by atoms with Gasteiger partial charge in [0.2, 0.25) is 11.2 Å². The fraction of sp³-hybridized carbons (Fsp3) is 0.439. The van der Waals surface area contributed by atoms with Gasteiger partial charge in [0.15, 0.2) is 31.3 Å². The van der Waals surface area contributed by atoms with Crippen LogP contribution in [0.1, 0.15) is 128 Å². The first-order valence-corrected chi connectivity index (χ1v) is 29.3. The molecule has 2 aliphatic rings. The molecule has 6 aromatic rings. The van der Waals surface area contributed by atoms with Crippen LogP contribution in [-0.4, -0.2) is 85.6 Å². The van der Waals surface area contributed by atoms with Gasteiger partial charge in [0.1, 0.15) is 21.5 Å². The smallest absolute Gasteiger partial charge is 0.229 e. The molecular formula is C57H77Cl3N10O6S2. The van der Waals surface area contributed by atoms with E-state index in [0.717, 1.165) is 57.4 Å². The lowest BCUT2D eigenvalue weighted by molar-refractivity contribution is 0.243. The van der Waals surface area contributed by atoms with E-state index in [2.05, 4.69) is 60.4 Å². The van der Waals surface area contributed by atoms with E-state index in [1.165, 1.54) is 68.9 Å². The zero-order valence-corrected chi connectivity index (χ0v) is 49.1. The molecule has 0 saturated carbocycles. The molecule has 7 N–H and O–H groups in total. The third kappa shape index (κ3) is 16.8. The van der Waals surface area contributed by atoms with E-state index in [4.69, 9.17) is 55.5 Å². The number of hydrogen-bond acceptors (Lipinski definition) is 16. The first-order chi connectivity index (χ1) is 37.6. The standard InChI is InChI=1S/C28H36ClN5O3S.C15H24N2O.C13H13Cl2N3O2S.CH4/c1-17(2)37-25-15-21(20-10-12-30-13-11-20)19(5)14-24(25)33-28-31-16-22(29)27(34-28)32-23-8-6-7-9-26(23)38(35,36)18(3)4;1-10(2)18-15-9-13(11(3)8-14(15)16)12-4-6-17-7-5-12;1-8(2)21(19,20)11-6-4-3-5-10(11)17-12-9(14)7-16-13(15)18-12;/h6-9,14-18,20,30H,10-13H2,1-5H3,(H2,31,32,33,34);8-10,12,17H,4-7,16H2,1-3H3;3-8H,1-2H3,(H,16,17,18);1H4/i17D,18D;10D;8D;. The van der Waals surface area contributed by atoms with Crippen LogP contribution in [0.5, 0.6) is 11.5 Å². The predicted molar refractivity (Wildman–Crippen MR) is 321 cm³/mol. The summed E-state index contributed by atoms with van der Waals surface area (Å²) in [4.78, 5) is 16.4. The van der Waals surface area contributed by atoms with E-state index >= 15 is 0 Å². The Labute approximate surface area is 483 Å². The summed E-state index contributed by atoms with van der Waals surface area (Å²) in [5, 5.41) is 12.8. The normalized spacial score (nSPS) is 15.5. The number of ether oxygens (including phenoxy) is 2. The molecule has 8 rings (SSSR count). The molecule has 0 aliphatic carbocycles. The van der Waals surface area contributed by atoms with Gasteiger partial charge in [-0.25, -0.2) is 26.8 Å². The summed E-state index contributed by atoms with van der Waals surface area (Å²) >= 11 is 18.1. The second kappa shape index (κ2) is 28.6. The zero-order chi connectivity index (χ0) is 59.9. The Hall–Kier alpha value is -5.47. The van der Waals surface area contributed by atoms with Crippen molar-refractivity contribution in [2.75, 3.05) is 47.9 Å². The van der Waals surface area contributed by atoms with E-state index in [9.17, 15) is 16.8 Å². The fourth-order valence-corrected chi connectivity index (χ4v) is 11.3. The third-order valence-corrected chi connectivity index (χ3v) is 17.3. The molecule has 0 bridgehead atoms. The molecule has 2 aromatic heterocycles. The number of rotatable bonds is 16. The highest BCUT2D eigenvalue weighted by atomic mass is 35.5. The van der Waals surface area contributed by atoms with Crippen molar-refractivity contribution in [2.45, 2.75) is 147 Å². The number of piperidine rings is 2. The van der Waals surface area contributed by atoms with Crippen molar-refractivity contribution in [3.8, 4) is 11.5 Å². The lowest BCUT2D eigenvalue weighted by Crippen LogP contribution is -2.27. The summed E-state index contributed by atoms with van der Waals surface area (Å²) in [7, 11) is -7.84. The topological polar surface area (TPSA) is 224 Å². The quantitative estimate of drug-likeness (QED) is 0.0391. The number of nitrogens with zero attached hydrogens (tertiary/aromatic N) is 4. The molecule has 4 heterocycles. The van der Waals surface area contributed by atoms with Crippen LogP contribution in [0.2, 0.25) is 15.3 Å². The monoisotopic (exact) mass is 1170 g/mol. The molecule has 2 fully saturated rings. The largest absolute Gasteiger partial charge is 0.489 e. The fourth-order valence-electron chi connectivity index (χ4n) is 8.66. The summed E-state index contributed by atoms with van der Waals surface area (Å²) in [5.41, 5.74) is 12.6. The molecule has 2 saturated heterocycles. The number of hydrogen-bond donors (Lipinski definition) is 6. The van der Waals surface area contributed by atoms with Gasteiger partial charge < -0.3 is 41.8 Å². The van der Waals surface area contributed by atoms with Crippen LogP contribution in [0.4, 0.5) is 40.3 Å². The maximum Gasteiger partial charge on any atom is 0.229 e. The molecule has 78 heavy (non-hydrogen) atoms. The van der Waals surface area contributed by atoms with Crippen molar-refractivity contribution in [2.24, 2.45) is 0 Å². The van der Waals surface area contributed by atoms with E-state index in [0.29, 0.717) is 34.7 Å². The summed E-state index contributed by atoms with van der Waals surface area (Å²) in [6.07, 6.45) is 4.94. The molecule has 0 radical (unpaired) electrons. The Morgan fingerprint density at radius 1 is 0.603 bits per heavy atom. The van der Waals surface area contributed by atoms with Gasteiger partial charge in [-0.2, -0.15) is 9.97 Å². The number of aryl methyl sites for hydroxylation is 2. The van der Waals surface area contributed by atoms with Gasteiger partial charge in [-0.05, 0) is 215 Å². The van der Waals surface area contributed by atoms with Crippen molar-refractivity contribution in [3.63, 3.8) is 0 Å². The number of para-hydroxylation sites is 2. The number of aromatic nitrogens is 4. The van der Waals surface area contributed by atoms with Crippen LogP contribution in [0.25, 0.3) is 0 Å². The van der Waals surface area contributed by atoms with Gasteiger partial charge in [-0.1, -0.05) is 54.9 Å². The van der Waals surface area contributed by atoms with Crippen molar-refractivity contribution in [1.82, 2.24) is 30.6 Å². The number of nitrogen functional groups attached to an aromatic ring is 1. The molecule has 4 aromatic carbocycles. The number of benzene rings is 4. The van der Waals surface area contributed by atoms with Crippen molar-refractivity contribution >= 4 is 94.8 Å². The highest BCUT2D eigenvalue weighted by Crippen LogP contribution is 2.39. The number of nitrogens with one attached hydrogen (secondary N) is 5. The Morgan fingerprint density at radius 3 is 1.50 bits per heavy atom. The highest BCUT2D eigenvalue weighted by molar-refractivity contribution is 7.92. The molecular weight excluding hydrogens is 1090 g/mol. The SMILES string of the molecule is C.[2H]C(C)(C)Oc1cc(C2CCNCC2)c(C)cc1N.[2H]C(C)(C)Oc1cc(C2CCNCC2)c(C)cc1Nc1ncc(Cl)c(Nc2ccccc2S(=O)(=O)C([2H])(C)C)n1.[2H]C(C)(C)S(=O)(=O)c1ccccc1Nc1nc(Cl)ncc1Cl. The molecule has 0 spiro atoms. The molecule has 16 nitrogen and oxygen atoms in total. The Morgan fingerprint density at radius 2 is 1.03 bits per heavy atom. The van der Waals surface area contributed by atoms with Crippen molar-refractivity contribution < 1.29 is 31.8 Å². The van der Waals surface area contributed by atoms with Crippen molar-refractivity contribution in [1.29, 1.82) is 0 Å². The lowest BCUT2D eigenvalue weighted by atomic mass is 9.87. The first kappa shape index (κ1) is 57.2. The van der Waals surface area contributed by atoms with Gasteiger partial charge in [-0.3, -0.25) is 0 Å². The minimum atomic E-state index is -3.98. The Bertz CT molecular complexity index is 3400. The second-order valence-corrected chi connectivity index (χ2v) is 25.1. The summed E-state index contributed by atoms with van der Waals surface area (Å²) < 4.78 is 94.9. The van der Waals surface area contributed by atoms with Crippen LogP contribution < -0.4 is 41.8 Å². The molecule has 0 atom stereocenters. The van der Waals surface area contributed by atoms with Crippen molar-refractivity contribution in [3.05, 3.63) is 123 Å². The average Bonchev–Trinajstić information content (AvgIpc) is 3.41. The highest BCUT2D eigenvalue weighted by Gasteiger charge is 2.26. The van der Waals surface area contributed by atoms with E-state index in [1.54, 1.807) is 64.1 Å². The zero-order valence-electron chi connectivity index (χ0n) is 49.2. The summed E-state index contributed by atoms with van der Waals surface area (Å²) in [6.45, 7) is 20.3. The molecule has 0 amide bonds. The van der Waals surface area contributed by atoms with Gasteiger partial charge >= 0.3 is 0 Å². The van der Waals surface area contributed by atoms with Gasteiger partial charge in [-0.15, -0.1) is 0 Å². The van der Waals surface area contributed by atoms with Crippen LogP contribution in [-0.2, 0) is 19.7 Å². The third-order valence-electron chi connectivity index (χ3n) is 12.6. The minimum Gasteiger partial charge on any atom is -0.489 e. The van der Waals surface area contributed by atoms with Gasteiger partial charge in [0.25, 0.3) is 0 Å². The van der Waals surface area contributed by atoms with E-state index < -0.39 is 42.3 Å². The molecule has 0 unspecified atom stereocenters. The average molecular weight is 1170 g/mol. The van der Waals surface area contributed by atoms with Crippen LogP contribution in [0.3, 0.4) is 0 Å². The van der Waals surface area contributed by atoms with Crippen LogP contribution in [0.15, 0.2) is 95.0 Å². The number of sulfone groups is 2. The van der Waals surface area contributed by atoms with E-state index in [-0.39, 0.29) is 61.5 Å². The van der Waals surface area contributed by atoms with Crippen LogP contribution >= 0.6 is 34.8 Å². The second-order valence-electron chi connectivity index (χ2n) is 19.4. The van der Waals surface area contributed by atoms with Crippen LogP contribution in [0, 0.1) is 13.8 Å². The first-order valence-electron chi connectivity index (χ1n) is 27.2. The molecule has 2 aliphatic heterocycles. The maximum atomic E-state index is 13.0. The number of anilines is 7. The van der Waals surface area contributed by atoms with Gasteiger partial charge in [0.05, 0.1) is 70.3 Å². The lowest BCUT2D eigenvalue weighted by Gasteiger charge is -2.26. The van der Waals surface area contributed by atoms with Gasteiger partial charge in [0, 0.05) is 2.74 Å². The molecule has 21 heteroatoms. The minimum absolute atomic E-state index is 0. The summed E-state index contributed by atoms with van der Waals surface area (Å²) in [5.74, 6) is 2.70. The maximum absolute atomic E-state index is 13.0. The Kier molecular flexibility index (Phi) is 21.0. The van der Waals surface area contributed by atoms with E-state index in [1.807, 2.05) is 24.3 Å². The molecule has 424 valence electrons. The number of halogens is 3. The predicted octanol–water partition coefficient (Wildman–Crippen LogP) is 13.5. The summed E-state index contributed by atoms with van der Waals surface area (Å²) in [6, 6.07) is 20.5. The number of nitrogens with two attached hydrogens (primary N) is 1. The Balaban J connectivity index is 0.000000247.